The minimum Gasteiger partial charge on any atom is -0.220 e. The first kappa shape index (κ1) is 8.05. The van der Waals surface area contributed by atoms with Crippen LogP contribution in [0.2, 0.25) is 0 Å². The molecule has 1 aromatic rings. The molecule has 72 valence electrons. The molecule has 0 spiro atoms. The van der Waals surface area contributed by atoms with Crippen molar-refractivity contribution in [2.45, 2.75) is 0 Å². The van der Waals surface area contributed by atoms with Crippen molar-refractivity contribution in [1.29, 1.82) is 0 Å². The van der Waals surface area contributed by atoms with E-state index in [9.17, 15) is 0 Å². The minimum absolute atomic E-state index is 0.557. The Morgan fingerprint density at radius 3 is 2.53 bits per heavy atom. The van der Waals surface area contributed by atoms with Gasteiger partial charge in [0.15, 0.2) is 0 Å². The highest BCUT2D eigenvalue weighted by Gasteiger charge is 2.08. The van der Waals surface area contributed by atoms with Gasteiger partial charge in [0.1, 0.15) is 12.7 Å². The van der Waals surface area contributed by atoms with Gasteiger partial charge in [0.2, 0.25) is 11.6 Å². The molecule has 2 aliphatic rings. The van der Waals surface area contributed by atoms with Crippen molar-refractivity contribution in [3.63, 3.8) is 0 Å². The predicted molar refractivity (Wildman–Crippen MR) is 53.6 cm³/mol. The molecule has 0 amide bonds. The fourth-order valence-electron chi connectivity index (χ4n) is 1.36. The second-order valence-electron chi connectivity index (χ2n) is 3.05. The molecule has 5 nitrogen and oxygen atoms in total. The average Bonchev–Trinajstić information content (AvgIpc) is 2.77. The molecule has 0 radical (unpaired) electrons. The first-order valence-corrected chi connectivity index (χ1v) is 4.51. The number of imidazole rings is 1. The number of para-hydroxylation sites is 1. The van der Waals surface area contributed by atoms with Crippen LogP contribution >= 0.6 is 0 Å². The fourth-order valence-corrected chi connectivity index (χ4v) is 1.36. The Labute approximate surface area is 85.8 Å². The van der Waals surface area contributed by atoms with Gasteiger partial charge in [0, 0.05) is 0 Å². The van der Waals surface area contributed by atoms with Crippen molar-refractivity contribution in [3.8, 4) is 17.3 Å². The number of aromatic nitrogens is 5. The topological polar surface area (TPSA) is 56.5 Å². The van der Waals surface area contributed by atoms with E-state index in [1.165, 1.54) is 6.33 Å². The molecule has 0 atom stereocenters. The smallest absolute Gasteiger partial charge is 0.219 e. The third kappa shape index (κ3) is 1.34. The summed E-state index contributed by atoms with van der Waals surface area (Å²) >= 11 is 0. The fraction of sp³-hybridized carbons (Fsp3) is 0. The monoisotopic (exact) mass is 197 g/mol. The van der Waals surface area contributed by atoms with Crippen LogP contribution in [0.15, 0.2) is 43.0 Å². The van der Waals surface area contributed by atoms with Crippen molar-refractivity contribution in [3.05, 3.63) is 43.0 Å². The van der Waals surface area contributed by atoms with Crippen LogP contribution in [0.4, 0.5) is 0 Å². The van der Waals surface area contributed by atoms with Crippen LogP contribution in [0.3, 0.4) is 0 Å². The van der Waals surface area contributed by atoms with Crippen LogP contribution in [0.25, 0.3) is 17.3 Å². The summed E-state index contributed by atoms with van der Waals surface area (Å²) in [5, 5.41) is 4.29. The van der Waals surface area contributed by atoms with Crippen molar-refractivity contribution >= 4 is 0 Å². The Morgan fingerprint density at radius 2 is 1.67 bits per heavy atom. The van der Waals surface area contributed by atoms with E-state index < -0.39 is 0 Å². The highest BCUT2D eigenvalue weighted by molar-refractivity contribution is 5.43. The molecule has 0 aliphatic carbocycles. The minimum atomic E-state index is 0.557. The van der Waals surface area contributed by atoms with E-state index in [0.717, 1.165) is 5.69 Å². The van der Waals surface area contributed by atoms with Crippen molar-refractivity contribution in [2.24, 2.45) is 0 Å². The van der Waals surface area contributed by atoms with Gasteiger partial charge >= 0.3 is 0 Å². The summed E-state index contributed by atoms with van der Waals surface area (Å²) in [7, 11) is 0. The Morgan fingerprint density at radius 1 is 0.867 bits per heavy atom. The van der Waals surface area contributed by atoms with Gasteiger partial charge in [0.05, 0.1) is 5.69 Å². The van der Waals surface area contributed by atoms with Crippen molar-refractivity contribution in [2.75, 3.05) is 0 Å². The quantitative estimate of drug-likeness (QED) is 0.587. The maximum absolute atomic E-state index is 4.29. The number of hydrogen-bond acceptors (Lipinski definition) is 4. The predicted octanol–water partition coefficient (Wildman–Crippen LogP) is 1.16. The standard InChI is InChI=1S/C10H7N5/c1-2-4-8(5-3-1)15-7-13-9-10(14-15)12-6-11-9/h1-7H. The molecular formula is C10H7N5. The summed E-state index contributed by atoms with van der Waals surface area (Å²) < 4.78 is 1.68. The van der Waals surface area contributed by atoms with Crippen LogP contribution in [0.1, 0.15) is 0 Å². The van der Waals surface area contributed by atoms with Crippen molar-refractivity contribution in [1.82, 2.24) is 24.7 Å². The Kier molecular flexibility index (Phi) is 1.68. The zero-order chi connectivity index (χ0) is 10.1. The zero-order valence-electron chi connectivity index (χ0n) is 7.78. The summed E-state index contributed by atoms with van der Waals surface area (Å²) in [5.74, 6) is 1.13. The molecular weight excluding hydrogens is 190 g/mol. The van der Waals surface area contributed by atoms with Gasteiger partial charge in [-0.05, 0) is 12.1 Å². The number of nitrogens with zero attached hydrogens (tertiary/aromatic N) is 5. The summed E-state index contributed by atoms with van der Waals surface area (Å²) in [6.45, 7) is 0. The lowest BCUT2D eigenvalue weighted by Crippen LogP contribution is -2.04. The van der Waals surface area contributed by atoms with Crippen LogP contribution in [-0.4, -0.2) is 24.7 Å². The SMILES string of the molecule is c1ccc(-n2cnc3ncnc-3n2)cc1. The molecule has 0 fully saturated rings. The molecule has 15 heavy (non-hydrogen) atoms. The lowest BCUT2D eigenvalue weighted by atomic mass is 10.3. The lowest BCUT2D eigenvalue weighted by Gasteiger charge is -2.04. The molecule has 0 saturated heterocycles. The number of benzene rings is 1. The second kappa shape index (κ2) is 3.13. The van der Waals surface area contributed by atoms with Gasteiger partial charge in [-0.3, -0.25) is 0 Å². The van der Waals surface area contributed by atoms with Gasteiger partial charge in [-0.1, -0.05) is 18.2 Å². The summed E-state index contributed by atoms with van der Waals surface area (Å²) in [6, 6.07) is 9.77. The largest absolute Gasteiger partial charge is 0.220 e. The van der Waals surface area contributed by atoms with Gasteiger partial charge in [-0.2, -0.15) is 0 Å². The maximum atomic E-state index is 4.29. The van der Waals surface area contributed by atoms with Crippen LogP contribution in [-0.2, 0) is 0 Å². The molecule has 2 aliphatic heterocycles. The highest BCUT2D eigenvalue weighted by Crippen LogP contribution is 2.11. The van der Waals surface area contributed by atoms with Crippen LogP contribution < -0.4 is 0 Å². The second-order valence-corrected chi connectivity index (χ2v) is 3.05. The Bertz CT molecular complexity index is 545. The zero-order valence-corrected chi connectivity index (χ0v) is 7.78. The molecule has 1 aromatic carbocycles. The maximum Gasteiger partial charge on any atom is 0.219 e. The van der Waals surface area contributed by atoms with Crippen molar-refractivity contribution < 1.29 is 0 Å². The Balaban J connectivity index is 2.17. The normalized spacial score (nSPS) is 10.7. The molecule has 2 heterocycles. The van der Waals surface area contributed by atoms with Gasteiger partial charge < -0.3 is 0 Å². The number of rotatable bonds is 1. The molecule has 0 N–H and O–H groups in total. The molecule has 0 aromatic heterocycles. The van der Waals surface area contributed by atoms with Gasteiger partial charge in [-0.25, -0.2) is 19.6 Å². The number of fused-ring (bicyclic) bond motifs is 1. The third-order valence-electron chi connectivity index (χ3n) is 2.07. The average molecular weight is 197 g/mol. The molecule has 3 rings (SSSR count). The first-order chi connectivity index (χ1) is 7.43. The summed E-state index contributed by atoms with van der Waals surface area (Å²) in [5.41, 5.74) is 0.954. The van der Waals surface area contributed by atoms with E-state index in [1.807, 2.05) is 30.3 Å². The van der Waals surface area contributed by atoms with E-state index in [1.54, 1.807) is 11.0 Å². The van der Waals surface area contributed by atoms with E-state index in [0.29, 0.717) is 11.6 Å². The van der Waals surface area contributed by atoms with Gasteiger partial charge in [-0.15, -0.1) is 5.10 Å². The van der Waals surface area contributed by atoms with Gasteiger partial charge in [0.25, 0.3) is 0 Å². The van der Waals surface area contributed by atoms with E-state index in [2.05, 4.69) is 20.1 Å². The lowest BCUT2D eigenvalue weighted by molar-refractivity contribution is 0.799. The first-order valence-electron chi connectivity index (χ1n) is 4.51. The van der Waals surface area contributed by atoms with E-state index in [-0.39, 0.29) is 0 Å². The molecule has 5 heteroatoms. The van der Waals surface area contributed by atoms with E-state index in [4.69, 9.17) is 0 Å². The Hall–Kier alpha value is -2.30. The summed E-state index contributed by atoms with van der Waals surface area (Å²) in [4.78, 5) is 12.1. The highest BCUT2D eigenvalue weighted by atomic mass is 15.3. The summed E-state index contributed by atoms with van der Waals surface area (Å²) in [6.07, 6.45) is 3.09. The molecule has 0 bridgehead atoms. The molecule has 0 saturated carbocycles. The number of hydrogen-bond donors (Lipinski definition) is 0. The third-order valence-corrected chi connectivity index (χ3v) is 2.07. The van der Waals surface area contributed by atoms with E-state index >= 15 is 0 Å². The van der Waals surface area contributed by atoms with Crippen LogP contribution in [0, 0.1) is 0 Å². The molecule has 0 unspecified atom stereocenters. The van der Waals surface area contributed by atoms with Crippen LogP contribution in [0.5, 0.6) is 0 Å².